The number of nitrogens with one attached hydrogen (secondary N) is 1. The van der Waals surface area contributed by atoms with Gasteiger partial charge in [-0.2, -0.15) is 0 Å². The van der Waals surface area contributed by atoms with E-state index >= 15 is 0 Å². The van der Waals surface area contributed by atoms with E-state index in [2.05, 4.69) is 5.32 Å². The molecule has 1 aliphatic rings. The average Bonchev–Trinajstić information content (AvgIpc) is 2.17. The second-order valence-electron chi connectivity index (χ2n) is 3.32. The molecule has 0 bridgehead atoms. The average molecular weight is 181 g/mol. The highest BCUT2D eigenvalue weighted by Crippen LogP contribution is 2.22. The molecule has 0 aromatic heterocycles. The van der Waals surface area contributed by atoms with Gasteiger partial charge in [0.1, 0.15) is 5.54 Å². The van der Waals surface area contributed by atoms with E-state index in [4.69, 9.17) is 5.11 Å². The fourth-order valence-corrected chi connectivity index (χ4v) is 1.36. The van der Waals surface area contributed by atoms with E-state index in [1.165, 1.54) is 0 Å². The molecule has 0 aromatic carbocycles. The number of carboxylic acids is 1. The minimum absolute atomic E-state index is 0.840. The molecule has 0 saturated carbocycles. The van der Waals surface area contributed by atoms with Gasteiger partial charge in [-0.3, -0.25) is 0 Å². The first-order chi connectivity index (χ1) is 6.11. The molecular formula is C10H15NO2. The third-order valence-corrected chi connectivity index (χ3v) is 2.50. The summed E-state index contributed by atoms with van der Waals surface area (Å²) >= 11 is 0. The zero-order chi connectivity index (χ0) is 9.90. The maximum Gasteiger partial charge on any atom is 0.328 e. The first-order valence-corrected chi connectivity index (χ1v) is 4.40. The topological polar surface area (TPSA) is 49.3 Å². The van der Waals surface area contributed by atoms with E-state index in [1.807, 2.05) is 18.2 Å². The zero-order valence-electron chi connectivity index (χ0n) is 8.00. The molecule has 72 valence electrons. The van der Waals surface area contributed by atoms with Crippen LogP contribution >= 0.6 is 0 Å². The van der Waals surface area contributed by atoms with Crippen molar-refractivity contribution in [1.82, 2.24) is 5.32 Å². The van der Waals surface area contributed by atoms with Crippen LogP contribution in [0.3, 0.4) is 0 Å². The normalized spacial score (nSPS) is 20.6. The molecule has 1 aliphatic carbocycles. The van der Waals surface area contributed by atoms with Gasteiger partial charge in [-0.05, 0) is 32.4 Å². The molecule has 1 unspecified atom stereocenters. The van der Waals surface area contributed by atoms with E-state index < -0.39 is 11.5 Å². The Hall–Kier alpha value is -1.09. The van der Waals surface area contributed by atoms with Crippen molar-refractivity contribution in [2.24, 2.45) is 0 Å². The maximum atomic E-state index is 11.0. The highest BCUT2D eigenvalue weighted by molar-refractivity contribution is 5.83. The Morgan fingerprint density at radius 3 is 2.69 bits per heavy atom. The van der Waals surface area contributed by atoms with E-state index in [-0.39, 0.29) is 0 Å². The number of hydrogen-bond donors (Lipinski definition) is 2. The van der Waals surface area contributed by atoms with Crippen LogP contribution < -0.4 is 5.32 Å². The summed E-state index contributed by atoms with van der Waals surface area (Å²) in [5.74, 6) is -0.840. The Bertz CT molecular complexity index is 268. The quantitative estimate of drug-likeness (QED) is 0.690. The van der Waals surface area contributed by atoms with Crippen molar-refractivity contribution in [3.05, 3.63) is 23.8 Å². The Balaban J connectivity index is 2.94. The summed E-state index contributed by atoms with van der Waals surface area (Å²) in [6, 6.07) is 0. The monoisotopic (exact) mass is 181 g/mol. The molecule has 3 nitrogen and oxygen atoms in total. The SMILES string of the molecule is CNC(C)(C(=O)O)C1=CCCC=C1. The van der Waals surface area contributed by atoms with Crippen molar-refractivity contribution >= 4 is 5.97 Å². The van der Waals surface area contributed by atoms with Gasteiger partial charge in [0.2, 0.25) is 0 Å². The van der Waals surface area contributed by atoms with Gasteiger partial charge in [0.15, 0.2) is 0 Å². The summed E-state index contributed by atoms with van der Waals surface area (Å²) in [7, 11) is 1.66. The van der Waals surface area contributed by atoms with Gasteiger partial charge >= 0.3 is 5.97 Å². The van der Waals surface area contributed by atoms with Gasteiger partial charge in [0, 0.05) is 0 Å². The van der Waals surface area contributed by atoms with Crippen molar-refractivity contribution < 1.29 is 9.90 Å². The van der Waals surface area contributed by atoms with Gasteiger partial charge in [0.25, 0.3) is 0 Å². The molecule has 0 fully saturated rings. The molecule has 1 atom stereocenters. The minimum Gasteiger partial charge on any atom is -0.480 e. The van der Waals surface area contributed by atoms with Gasteiger partial charge in [0.05, 0.1) is 0 Å². The smallest absolute Gasteiger partial charge is 0.328 e. The van der Waals surface area contributed by atoms with Gasteiger partial charge in [-0.25, -0.2) is 4.79 Å². The number of carboxylic acid groups (broad SMARTS) is 1. The van der Waals surface area contributed by atoms with Crippen molar-refractivity contribution in [3.8, 4) is 0 Å². The number of allylic oxidation sites excluding steroid dienone is 2. The molecule has 0 aliphatic heterocycles. The maximum absolute atomic E-state index is 11.0. The summed E-state index contributed by atoms with van der Waals surface area (Å²) < 4.78 is 0. The molecule has 2 N–H and O–H groups in total. The first kappa shape index (κ1) is 9.99. The second kappa shape index (κ2) is 3.75. The molecule has 1 rings (SSSR count). The van der Waals surface area contributed by atoms with Crippen molar-refractivity contribution in [2.45, 2.75) is 25.3 Å². The zero-order valence-corrected chi connectivity index (χ0v) is 8.00. The molecule has 0 saturated heterocycles. The summed E-state index contributed by atoms with van der Waals surface area (Å²) in [4.78, 5) is 11.0. The number of likely N-dealkylation sites (N-methyl/N-ethyl adjacent to an activating group) is 1. The predicted octanol–water partition coefficient (Wildman–Crippen LogP) is 1.33. The van der Waals surface area contributed by atoms with E-state index in [0.29, 0.717) is 0 Å². The van der Waals surface area contributed by atoms with Gasteiger partial charge < -0.3 is 10.4 Å². The molecule has 0 amide bonds. The highest BCUT2D eigenvalue weighted by atomic mass is 16.4. The number of carbonyl (C=O) groups is 1. The minimum atomic E-state index is -0.947. The fourth-order valence-electron chi connectivity index (χ4n) is 1.36. The summed E-state index contributed by atoms with van der Waals surface area (Å²) in [6.07, 6.45) is 7.80. The lowest BCUT2D eigenvalue weighted by atomic mass is 9.88. The van der Waals surface area contributed by atoms with E-state index in [1.54, 1.807) is 14.0 Å². The van der Waals surface area contributed by atoms with Crippen LogP contribution in [0.5, 0.6) is 0 Å². The third-order valence-electron chi connectivity index (χ3n) is 2.50. The summed E-state index contributed by atoms with van der Waals surface area (Å²) in [6.45, 7) is 1.68. The molecular weight excluding hydrogens is 166 g/mol. The van der Waals surface area contributed by atoms with Crippen LogP contribution in [0.2, 0.25) is 0 Å². The lowest BCUT2D eigenvalue weighted by molar-refractivity contribution is -0.142. The third kappa shape index (κ3) is 1.80. The van der Waals surface area contributed by atoms with Crippen molar-refractivity contribution in [1.29, 1.82) is 0 Å². The van der Waals surface area contributed by atoms with Crippen LogP contribution in [0.4, 0.5) is 0 Å². The number of aliphatic carboxylic acids is 1. The predicted molar refractivity (Wildman–Crippen MR) is 51.6 cm³/mol. The van der Waals surface area contributed by atoms with Crippen LogP contribution in [-0.2, 0) is 4.79 Å². The van der Waals surface area contributed by atoms with Crippen LogP contribution in [-0.4, -0.2) is 23.7 Å². The second-order valence-corrected chi connectivity index (χ2v) is 3.32. The Morgan fingerprint density at radius 2 is 2.31 bits per heavy atom. The highest BCUT2D eigenvalue weighted by Gasteiger charge is 2.34. The van der Waals surface area contributed by atoms with E-state index in [9.17, 15) is 4.79 Å². The Morgan fingerprint density at radius 1 is 1.62 bits per heavy atom. The van der Waals surface area contributed by atoms with Crippen molar-refractivity contribution in [2.75, 3.05) is 7.05 Å². The fraction of sp³-hybridized carbons (Fsp3) is 0.500. The number of hydrogen-bond acceptors (Lipinski definition) is 2. The van der Waals surface area contributed by atoms with Crippen LogP contribution in [0.15, 0.2) is 23.8 Å². The molecule has 0 aromatic rings. The van der Waals surface area contributed by atoms with Crippen molar-refractivity contribution in [3.63, 3.8) is 0 Å². The molecule has 3 heteroatoms. The largest absolute Gasteiger partial charge is 0.480 e. The standard InChI is InChI=1S/C10H15NO2/c1-10(11-2,9(12)13)8-6-4-3-5-7-8/h4,6-7,11H,3,5H2,1-2H3,(H,12,13). The molecule has 0 radical (unpaired) electrons. The Labute approximate surface area is 78.1 Å². The van der Waals surface area contributed by atoms with E-state index in [0.717, 1.165) is 18.4 Å². The van der Waals surface area contributed by atoms with Crippen LogP contribution in [0.25, 0.3) is 0 Å². The van der Waals surface area contributed by atoms with Gasteiger partial charge in [-0.1, -0.05) is 18.2 Å². The first-order valence-electron chi connectivity index (χ1n) is 4.40. The van der Waals surface area contributed by atoms with Crippen LogP contribution in [0, 0.1) is 0 Å². The molecule has 13 heavy (non-hydrogen) atoms. The summed E-state index contributed by atoms with van der Waals surface area (Å²) in [5.41, 5.74) is -0.106. The lowest BCUT2D eigenvalue weighted by Gasteiger charge is -2.27. The Kier molecular flexibility index (Phi) is 2.88. The number of rotatable bonds is 3. The summed E-state index contributed by atoms with van der Waals surface area (Å²) in [5, 5.41) is 11.9. The molecule has 0 heterocycles. The van der Waals surface area contributed by atoms with Gasteiger partial charge in [-0.15, -0.1) is 0 Å². The molecule has 0 spiro atoms. The van der Waals surface area contributed by atoms with Crippen LogP contribution in [0.1, 0.15) is 19.8 Å². The lowest BCUT2D eigenvalue weighted by Crippen LogP contribution is -2.49.